The monoisotopic (exact) mass is 226 g/mol. The van der Waals surface area contributed by atoms with Crippen LogP contribution in [0.2, 0.25) is 0 Å². The third-order valence-corrected chi connectivity index (χ3v) is 2.01. The number of halogens is 1. The number of hydrogen-bond donors (Lipinski definition) is 2. The van der Waals surface area contributed by atoms with Crippen LogP contribution in [0.5, 0.6) is 5.75 Å². The molecule has 0 saturated heterocycles. The number of primary amides is 1. The number of carbonyl (C=O) groups excluding carboxylic acids is 1. The van der Waals surface area contributed by atoms with Crippen LogP contribution in [0.3, 0.4) is 0 Å². The summed E-state index contributed by atoms with van der Waals surface area (Å²) in [6.45, 7) is 2.56. The molecule has 4 nitrogen and oxygen atoms in total. The van der Waals surface area contributed by atoms with Gasteiger partial charge in [-0.3, -0.25) is 4.79 Å². The number of rotatable bonds is 6. The van der Waals surface area contributed by atoms with Crippen LogP contribution in [-0.4, -0.2) is 25.1 Å². The van der Waals surface area contributed by atoms with Crippen molar-refractivity contribution >= 4 is 5.91 Å². The molecule has 0 fully saturated rings. The van der Waals surface area contributed by atoms with Gasteiger partial charge in [-0.05, 0) is 18.7 Å². The second-order valence-electron chi connectivity index (χ2n) is 3.28. The first-order chi connectivity index (χ1) is 7.63. The largest absolute Gasteiger partial charge is 0.491 e. The predicted molar refractivity (Wildman–Crippen MR) is 58.6 cm³/mol. The topological polar surface area (TPSA) is 64.3 Å². The van der Waals surface area contributed by atoms with Crippen molar-refractivity contribution in [1.82, 2.24) is 5.32 Å². The molecule has 0 aliphatic heterocycles. The molecule has 1 atom stereocenters. The summed E-state index contributed by atoms with van der Waals surface area (Å²) in [5.74, 6) is -0.487. The van der Waals surface area contributed by atoms with E-state index in [1.54, 1.807) is 6.07 Å². The van der Waals surface area contributed by atoms with E-state index in [0.29, 0.717) is 12.3 Å². The van der Waals surface area contributed by atoms with Crippen molar-refractivity contribution in [3.8, 4) is 5.75 Å². The third-order valence-electron chi connectivity index (χ3n) is 2.01. The van der Waals surface area contributed by atoms with Crippen LogP contribution in [-0.2, 0) is 4.79 Å². The predicted octanol–water partition coefficient (Wildman–Crippen LogP) is 0.668. The smallest absolute Gasteiger partial charge is 0.238 e. The zero-order valence-electron chi connectivity index (χ0n) is 9.07. The van der Waals surface area contributed by atoms with Crippen molar-refractivity contribution in [2.24, 2.45) is 5.73 Å². The zero-order chi connectivity index (χ0) is 12.0. The minimum atomic E-state index is -0.562. The maximum absolute atomic E-state index is 12.8. The number of hydrogen-bond acceptors (Lipinski definition) is 3. The summed E-state index contributed by atoms with van der Waals surface area (Å²) in [7, 11) is 0. The van der Waals surface area contributed by atoms with E-state index in [2.05, 4.69) is 5.32 Å². The van der Waals surface area contributed by atoms with Gasteiger partial charge in [0.25, 0.3) is 0 Å². The zero-order valence-corrected chi connectivity index (χ0v) is 9.07. The molecule has 0 spiro atoms. The van der Waals surface area contributed by atoms with E-state index < -0.39 is 11.9 Å². The second kappa shape index (κ2) is 6.07. The average molecular weight is 226 g/mol. The number of nitrogens with two attached hydrogens (primary N) is 1. The molecule has 1 unspecified atom stereocenters. The van der Waals surface area contributed by atoms with Gasteiger partial charge in [-0.15, -0.1) is 0 Å². The van der Waals surface area contributed by atoms with Gasteiger partial charge in [0.1, 0.15) is 24.2 Å². The molecule has 0 aliphatic rings. The molecule has 88 valence electrons. The Hall–Kier alpha value is -1.62. The molecule has 1 aromatic carbocycles. The van der Waals surface area contributed by atoms with E-state index in [-0.39, 0.29) is 12.4 Å². The molecule has 16 heavy (non-hydrogen) atoms. The van der Waals surface area contributed by atoms with Gasteiger partial charge >= 0.3 is 0 Å². The summed E-state index contributed by atoms with van der Waals surface area (Å²) in [5, 5.41) is 2.87. The van der Waals surface area contributed by atoms with E-state index in [0.717, 1.165) is 0 Å². The van der Waals surface area contributed by atoms with E-state index >= 15 is 0 Å². The van der Waals surface area contributed by atoms with Gasteiger partial charge in [0, 0.05) is 6.07 Å². The highest BCUT2D eigenvalue weighted by atomic mass is 19.1. The summed E-state index contributed by atoms with van der Waals surface area (Å²) in [5.41, 5.74) is 5.16. The number of nitrogens with one attached hydrogen (secondary N) is 1. The van der Waals surface area contributed by atoms with E-state index in [1.165, 1.54) is 18.2 Å². The maximum atomic E-state index is 12.8. The molecule has 5 heteroatoms. The SMILES string of the molecule is CCNC(COc1cccc(F)c1)C(N)=O. The number of likely N-dealkylation sites (N-methyl/N-ethyl adjacent to an activating group) is 1. The molecule has 1 aromatic rings. The van der Waals surface area contributed by atoms with Crippen LogP contribution >= 0.6 is 0 Å². The Morgan fingerprint density at radius 3 is 2.94 bits per heavy atom. The fourth-order valence-corrected chi connectivity index (χ4v) is 1.22. The van der Waals surface area contributed by atoms with Gasteiger partial charge in [-0.2, -0.15) is 0 Å². The van der Waals surface area contributed by atoms with Gasteiger partial charge in [-0.25, -0.2) is 4.39 Å². The first-order valence-corrected chi connectivity index (χ1v) is 5.04. The Morgan fingerprint density at radius 1 is 1.62 bits per heavy atom. The molecule has 3 N–H and O–H groups in total. The van der Waals surface area contributed by atoms with Gasteiger partial charge in [-0.1, -0.05) is 13.0 Å². The maximum Gasteiger partial charge on any atom is 0.238 e. The Morgan fingerprint density at radius 2 is 2.38 bits per heavy atom. The Bertz CT molecular complexity index is 358. The molecule has 0 bridgehead atoms. The highest BCUT2D eigenvalue weighted by molar-refractivity contribution is 5.80. The van der Waals surface area contributed by atoms with Crippen LogP contribution in [0.25, 0.3) is 0 Å². The Labute approximate surface area is 93.6 Å². The van der Waals surface area contributed by atoms with Crippen molar-refractivity contribution in [2.45, 2.75) is 13.0 Å². The van der Waals surface area contributed by atoms with E-state index in [9.17, 15) is 9.18 Å². The fourth-order valence-electron chi connectivity index (χ4n) is 1.22. The van der Waals surface area contributed by atoms with Crippen molar-refractivity contribution in [3.63, 3.8) is 0 Å². The molecule has 1 amide bonds. The minimum absolute atomic E-state index is 0.0899. The number of amides is 1. The normalized spacial score (nSPS) is 12.1. The number of ether oxygens (including phenoxy) is 1. The van der Waals surface area contributed by atoms with Crippen LogP contribution in [0.4, 0.5) is 4.39 Å². The standard InChI is InChI=1S/C11H15FN2O2/c1-2-14-10(11(13)15)7-16-9-5-3-4-8(12)6-9/h3-6,10,14H,2,7H2,1H3,(H2,13,15). The lowest BCUT2D eigenvalue weighted by molar-refractivity contribution is -0.120. The molecular formula is C11H15FN2O2. The van der Waals surface area contributed by atoms with Crippen molar-refractivity contribution < 1.29 is 13.9 Å². The number of carbonyl (C=O) groups is 1. The minimum Gasteiger partial charge on any atom is -0.491 e. The lowest BCUT2D eigenvalue weighted by Crippen LogP contribution is -2.45. The summed E-state index contributed by atoms with van der Waals surface area (Å²) in [6, 6.07) is 5.17. The number of benzene rings is 1. The van der Waals surface area contributed by atoms with E-state index in [4.69, 9.17) is 10.5 Å². The lowest BCUT2D eigenvalue weighted by Gasteiger charge is -2.15. The van der Waals surface area contributed by atoms with Crippen LogP contribution in [0, 0.1) is 5.82 Å². The van der Waals surface area contributed by atoms with Crippen molar-refractivity contribution in [1.29, 1.82) is 0 Å². The van der Waals surface area contributed by atoms with Crippen LogP contribution < -0.4 is 15.8 Å². The molecule has 0 aromatic heterocycles. The summed E-state index contributed by atoms with van der Waals surface area (Å²) < 4.78 is 18.1. The highest BCUT2D eigenvalue weighted by Gasteiger charge is 2.14. The highest BCUT2D eigenvalue weighted by Crippen LogP contribution is 2.11. The molecule has 0 radical (unpaired) electrons. The Balaban J connectivity index is 2.51. The summed E-state index contributed by atoms with van der Waals surface area (Å²) >= 11 is 0. The molecule has 1 rings (SSSR count). The average Bonchev–Trinajstić information content (AvgIpc) is 2.24. The summed E-state index contributed by atoms with van der Waals surface area (Å²) in [6.07, 6.45) is 0. The van der Waals surface area contributed by atoms with Crippen molar-refractivity contribution in [2.75, 3.05) is 13.2 Å². The van der Waals surface area contributed by atoms with Gasteiger partial charge in [0.2, 0.25) is 5.91 Å². The second-order valence-corrected chi connectivity index (χ2v) is 3.28. The third kappa shape index (κ3) is 3.86. The van der Waals surface area contributed by atoms with E-state index in [1.807, 2.05) is 6.92 Å². The van der Waals surface area contributed by atoms with Crippen molar-refractivity contribution in [3.05, 3.63) is 30.1 Å². The van der Waals surface area contributed by atoms with Gasteiger partial charge in [0.15, 0.2) is 0 Å². The molecule has 0 aliphatic carbocycles. The fraction of sp³-hybridized carbons (Fsp3) is 0.364. The molecular weight excluding hydrogens is 211 g/mol. The molecule has 0 saturated carbocycles. The molecule has 0 heterocycles. The lowest BCUT2D eigenvalue weighted by atomic mass is 10.3. The first kappa shape index (κ1) is 12.4. The first-order valence-electron chi connectivity index (χ1n) is 5.04. The van der Waals surface area contributed by atoms with Crippen LogP contribution in [0.15, 0.2) is 24.3 Å². The summed E-state index contributed by atoms with van der Waals surface area (Å²) in [4.78, 5) is 11.0. The van der Waals surface area contributed by atoms with Gasteiger partial charge < -0.3 is 15.8 Å². The van der Waals surface area contributed by atoms with Crippen LogP contribution in [0.1, 0.15) is 6.92 Å². The quantitative estimate of drug-likeness (QED) is 0.749. The van der Waals surface area contributed by atoms with Gasteiger partial charge in [0.05, 0.1) is 0 Å². The Kier molecular flexibility index (Phi) is 4.72.